The highest BCUT2D eigenvalue weighted by Gasteiger charge is 2.31. The number of aromatic nitrogens is 2. The first-order valence-corrected chi connectivity index (χ1v) is 8.17. The van der Waals surface area contributed by atoms with E-state index < -0.39 is 11.2 Å². The van der Waals surface area contributed by atoms with Gasteiger partial charge in [0, 0.05) is 20.5 Å². The summed E-state index contributed by atoms with van der Waals surface area (Å²) >= 11 is 0. The fourth-order valence-corrected chi connectivity index (χ4v) is 2.70. The zero-order valence-corrected chi connectivity index (χ0v) is 15.5. The molecule has 0 bridgehead atoms. The van der Waals surface area contributed by atoms with Crippen LogP contribution in [-0.2, 0) is 20.5 Å². The second-order valence-corrected chi connectivity index (χ2v) is 7.14. The third kappa shape index (κ3) is 3.38. The van der Waals surface area contributed by atoms with Crippen molar-refractivity contribution in [3.8, 4) is 6.07 Å². The number of furan rings is 1. The van der Waals surface area contributed by atoms with Crippen LogP contribution in [0.25, 0.3) is 0 Å². The van der Waals surface area contributed by atoms with Crippen LogP contribution in [0.1, 0.15) is 50.8 Å². The molecule has 1 N–H and O–H groups in total. The fraction of sp³-hybridized carbons (Fsp3) is 0.500. The van der Waals surface area contributed by atoms with Crippen LogP contribution in [0, 0.1) is 16.7 Å². The van der Waals surface area contributed by atoms with E-state index in [0.717, 1.165) is 16.7 Å². The third-order valence-corrected chi connectivity index (χ3v) is 4.24. The van der Waals surface area contributed by atoms with Crippen LogP contribution >= 0.6 is 0 Å². The summed E-state index contributed by atoms with van der Waals surface area (Å²) in [6.45, 7) is 8.05. The summed E-state index contributed by atoms with van der Waals surface area (Å²) in [6, 6.07) is 5.38. The lowest BCUT2D eigenvalue weighted by Gasteiger charge is -2.31. The quantitative estimate of drug-likeness (QED) is 0.919. The maximum Gasteiger partial charge on any atom is 0.332 e. The number of anilines is 1. The van der Waals surface area contributed by atoms with Crippen LogP contribution < -0.4 is 16.6 Å². The smallest absolute Gasteiger partial charge is 0.332 e. The normalized spacial score (nSPS) is 12.7. The standard InChI is InChI=1S/C18H24N4O3/c1-7-11-8-9-13(25-11)14(18(2,3)4)20-15-12(10-19)16(23)22(6)17(24)21(15)5/h8-9,14,20H,7H2,1-6H3. The van der Waals surface area contributed by atoms with Gasteiger partial charge in [0.15, 0.2) is 5.56 Å². The van der Waals surface area contributed by atoms with Gasteiger partial charge in [-0.1, -0.05) is 27.7 Å². The van der Waals surface area contributed by atoms with E-state index in [1.54, 1.807) is 0 Å². The predicted molar refractivity (Wildman–Crippen MR) is 95.5 cm³/mol. The minimum absolute atomic E-state index is 0.0962. The van der Waals surface area contributed by atoms with Crippen molar-refractivity contribution in [2.24, 2.45) is 19.5 Å². The number of aryl methyl sites for hydroxylation is 1. The van der Waals surface area contributed by atoms with E-state index in [2.05, 4.69) is 5.32 Å². The molecule has 25 heavy (non-hydrogen) atoms. The van der Waals surface area contributed by atoms with Gasteiger partial charge in [0.2, 0.25) is 0 Å². The van der Waals surface area contributed by atoms with Crippen molar-refractivity contribution < 1.29 is 4.42 Å². The summed E-state index contributed by atoms with van der Waals surface area (Å²) in [5, 5.41) is 12.6. The fourth-order valence-electron chi connectivity index (χ4n) is 2.70. The van der Waals surface area contributed by atoms with Gasteiger partial charge in [-0.05, 0) is 17.5 Å². The van der Waals surface area contributed by atoms with Crippen molar-refractivity contribution in [3.63, 3.8) is 0 Å². The van der Waals surface area contributed by atoms with Crippen LogP contribution in [0.15, 0.2) is 26.1 Å². The SMILES string of the molecule is CCc1ccc(C(Nc2c(C#N)c(=O)n(C)c(=O)n2C)C(C)(C)C)o1. The van der Waals surface area contributed by atoms with Crippen LogP contribution in [0.3, 0.4) is 0 Å². The molecule has 2 heterocycles. The Bertz CT molecular complexity index is 935. The molecular weight excluding hydrogens is 320 g/mol. The van der Waals surface area contributed by atoms with Crippen LogP contribution in [-0.4, -0.2) is 9.13 Å². The summed E-state index contributed by atoms with van der Waals surface area (Å²) in [6.07, 6.45) is 0.769. The van der Waals surface area contributed by atoms with Crippen LogP contribution in [0.2, 0.25) is 0 Å². The second-order valence-electron chi connectivity index (χ2n) is 7.14. The molecule has 7 nitrogen and oxygen atoms in total. The molecular formula is C18H24N4O3. The van der Waals surface area contributed by atoms with Crippen molar-refractivity contribution in [2.75, 3.05) is 5.32 Å². The number of hydrogen-bond donors (Lipinski definition) is 1. The maximum atomic E-state index is 12.3. The molecule has 1 unspecified atom stereocenters. The number of nitriles is 1. The molecule has 2 aromatic rings. The zero-order chi connectivity index (χ0) is 18.9. The minimum atomic E-state index is -0.616. The Morgan fingerprint density at radius 2 is 1.88 bits per heavy atom. The van der Waals surface area contributed by atoms with E-state index in [9.17, 15) is 14.9 Å². The van der Waals surface area contributed by atoms with Crippen molar-refractivity contribution in [1.29, 1.82) is 5.26 Å². The van der Waals surface area contributed by atoms with Crippen molar-refractivity contribution in [2.45, 2.75) is 40.2 Å². The molecule has 0 fully saturated rings. The van der Waals surface area contributed by atoms with Gasteiger partial charge in [-0.3, -0.25) is 13.9 Å². The Morgan fingerprint density at radius 3 is 2.36 bits per heavy atom. The first-order valence-electron chi connectivity index (χ1n) is 8.17. The number of nitrogens with zero attached hydrogens (tertiary/aromatic N) is 3. The highest BCUT2D eigenvalue weighted by atomic mass is 16.3. The van der Waals surface area contributed by atoms with E-state index in [1.807, 2.05) is 45.9 Å². The third-order valence-electron chi connectivity index (χ3n) is 4.24. The summed E-state index contributed by atoms with van der Waals surface area (Å²) in [5.74, 6) is 1.75. The van der Waals surface area contributed by atoms with Gasteiger partial charge in [-0.2, -0.15) is 5.26 Å². The van der Waals surface area contributed by atoms with Gasteiger partial charge in [0.1, 0.15) is 23.4 Å². The molecule has 7 heteroatoms. The van der Waals surface area contributed by atoms with E-state index in [-0.39, 0.29) is 22.8 Å². The molecule has 134 valence electrons. The second kappa shape index (κ2) is 6.63. The lowest BCUT2D eigenvalue weighted by Crippen LogP contribution is -2.41. The molecule has 1 atom stereocenters. The molecule has 0 radical (unpaired) electrons. The summed E-state index contributed by atoms with van der Waals surface area (Å²) in [4.78, 5) is 24.5. The van der Waals surface area contributed by atoms with Gasteiger partial charge in [0.25, 0.3) is 5.56 Å². The Labute approximate surface area is 146 Å². The number of nitrogens with one attached hydrogen (secondary N) is 1. The van der Waals surface area contributed by atoms with Crippen LogP contribution in [0.4, 0.5) is 5.82 Å². The van der Waals surface area contributed by atoms with Gasteiger partial charge in [-0.25, -0.2) is 4.79 Å². The Kier molecular flexibility index (Phi) is 4.93. The van der Waals surface area contributed by atoms with Gasteiger partial charge in [0.05, 0.1) is 6.04 Å². The zero-order valence-electron chi connectivity index (χ0n) is 15.5. The molecule has 0 amide bonds. The van der Waals surface area contributed by atoms with Crippen molar-refractivity contribution in [1.82, 2.24) is 9.13 Å². The summed E-state index contributed by atoms with van der Waals surface area (Å²) in [7, 11) is 2.89. The van der Waals surface area contributed by atoms with Gasteiger partial charge >= 0.3 is 5.69 Å². The van der Waals surface area contributed by atoms with Crippen LogP contribution in [0.5, 0.6) is 0 Å². The van der Waals surface area contributed by atoms with E-state index >= 15 is 0 Å². The van der Waals surface area contributed by atoms with E-state index in [1.165, 1.54) is 18.7 Å². The van der Waals surface area contributed by atoms with Crippen molar-refractivity contribution >= 4 is 5.82 Å². The largest absolute Gasteiger partial charge is 0.464 e. The Morgan fingerprint density at radius 1 is 1.24 bits per heavy atom. The molecule has 0 saturated carbocycles. The first-order chi connectivity index (χ1) is 11.6. The average molecular weight is 344 g/mol. The molecule has 2 aromatic heterocycles. The highest BCUT2D eigenvalue weighted by Crippen LogP contribution is 2.36. The van der Waals surface area contributed by atoms with Crippen molar-refractivity contribution in [3.05, 3.63) is 50.1 Å². The van der Waals surface area contributed by atoms with E-state index in [4.69, 9.17) is 4.42 Å². The monoisotopic (exact) mass is 344 g/mol. The highest BCUT2D eigenvalue weighted by molar-refractivity contribution is 5.52. The van der Waals surface area contributed by atoms with E-state index in [0.29, 0.717) is 5.76 Å². The molecule has 0 aliphatic rings. The average Bonchev–Trinajstić information content (AvgIpc) is 3.02. The number of rotatable bonds is 4. The lowest BCUT2D eigenvalue weighted by molar-refractivity contribution is 0.297. The molecule has 2 rings (SSSR count). The minimum Gasteiger partial charge on any atom is -0.464 e. The Hall–Kier alpha value is -2.75. The summed E-state index contributed by atoms with van der Waals surface area (Å²) in [5.41, 5.74) is -1.49. The molecule has 0 aromatic carbocycles. The molecule has 0 aliphatic heterocycles. The summed E-state index contributed by atoms with van der Waals surface area (Å²) < 4.78 is 8.08. The maximum absolute atomic E-state index is 12.3. The molecule has 0 aliphatic carbocycles. The predicted octanol–water partition coefficient (Wildman–Crippen LogP) is 2.31. The van der Waals surface area contributed by atoms with Gasteiger partial charge < -0.3 is 9.73 Å². The first kappa shape index (κ1) is 18.6. The molecule has 0 spiro atoms. The molecule has 0 saturated heterocycles. The van der Waals surface area contributed by atoms with Gasteiger partial charge in [-0.15, -0.1) is 0 Å². The lowest BCUT2D eigenvalue weighted by atomic mass is 9.85. The Balaban J connectivity index is 2.63. The number of hydrogen-bond acceptors (Lipinski definition) is 5. The topological polar surface area (TPSA) is 93.0 Å².